The molecule has 0 aromatic heterocycles. The second-order valence-electron chi connectivity index (χ2n) is 7.75. The first kappa shape index (κ1) is 17.1. The Balaban J connectivity index is 1.37. The Morgan fingerprint density at radius 2 is 1.82 bits per heavy atom. The predicted molar refractivity (Wildman–Crippen MR) is 105 cm³/mol. The minimum absolute atomic E-state index is 0.0597. The minimum Gasteiger partial charge on any atom is -0.486 e. The van der Waals surface area contributed by atoms with E-state index in [1.807, 2.05) is 36.1 Å². The summed E-state index contributed by atoms with van der Waals surface area (Å²) in [5.41, 5.74) is 1.73. The van der Waals surface area contributed by atoms with Crippen molar-refractivity contribution >= 4 is 23.2 Å². The number of hydrogen-bond acceptors (Lipinski definition) is 4. The molecule has 0 saturated heterocycles. The van der Waals surface area contributed by atoms with Crippen LogP contribution in [0.25, 0.3) is 0 Å². The van der Waals surface area contributed by atoms with Gasteiger partial charge in [0.15, 0.2) is 11.5 Å². The van der Waals surface area contributed by atoms with Crippen molar-refractivity contribution in [2.24, 2.45) is 5.41 Å². The monoisotopic (exact) mass is 378 g/mol. The minimum atomic E-state index is -0.973. The van der Waals surface area contributed by atoms with Crippen LogP contribution in [-0.2, 0) is 16.0 Å². The van der Waals surface area contributed by atoms with Crippen molar-refractivity contribution in [3.8, 4) is 11.5 Å². The fraction of sp³-hybridized carbons (Fsp3) is 0.364. The number of hydrogen-bond donors (Lipinski definition) is 1. The van der Waals surface area contributed by atoms with E-state index in [2.05, 4.69) is 5.32 Å². The Morgan fingerprint density at radius 1 is 1.07 bits per heavy atom. The van der Waals surface area contributed by atoms with Crippen molar-refractivity contribution < 1.29 is 19.1 Å². The van der Waals surface area contributed by atoms with Crippen LogP contribution in [-0.4, -0.2) is 31.1 Å². The molecule has 1 unspecified atom stereocenters. The molecule has 6 nitrogen and oxygen atoms in total. The molecule has 6 heteroatoms. The molecule has 2 amide bonds. The Bertz CT molecular complexity index is 967. The van der Waals surface area contributed by atoms with E-state index >= 15 is 0 Å². The van der Waals surface area contributed by atoms with E-state index in [0.29, 0.717) is 43.2 Å². The van der Waals surface area contributed by atoms with E-state index in [1.54, 1.807) is 18.2 Å². The highest BCUT2D eigenvalue weighted by Crippen LogP contribution is 2.50. The molecule has 0 radical (unpaired) electrons. The lowest BCUT2D eigenvalue weighted by molar-refractivity contribution is -0.132. The average molecular weight is 378 g/mol. The van der Waals surface area contributed by atoms with Gasteiger partial charge in [-0.3, -0.25) is 9.59 Å². The van der Waals surface area contributed by atoms with Gasteiger partial charge in [0, 0.05) is 23.5 Å². The van der Waals surface area contributed by atoms with E-state index in [-0.39, 0.29) is 17.9 Å². The molecule has 1 fully saturated rings. The van der Waals surface area contributed by atoms with Crippen molar-refractivity contribution in [3.63, 3.8) is 0 Å². The summed E-state index contributed by atoms with van der Waals surface area (Å²) in [5.74, 6) is 0.942. The van der Waals surface area contributed by atoms with Crippen LogP contribution in [0.1, 0.15) is 25.3 Å². The van der Waals surface area contributed by atoms with Crippen LogP contribution in [0.2, 0.25) is 0 Å². The SMILES string of the molecule is CC1Cc2ccccc2N1C(=O)C1(C(=O)Nc2ccc3c(c2)OCCO3)CC1. The topological polar surface area (TPSA) is 67.9 Å². The quantitative estimate of drug-likeness (QED) is 0.833. The Morgan fingerprint density at radius 3 is 2.61 bits per heavy atom. The van der Waals surface area contributed by atoms with Crippen molar-refractivity contribution in [1.82, 2.24) is 0 Å². The molecule has 1 N–H and O–H groups in total. The third kappa shape index (κ3) is 2.63. The summed E-state index contributed by atoms with van der Waals surface area (Å²) >= 11 is 0. The molecular weight excluding hydrogens is 356 g/mol. The highest BCUT2D eigenvalue weighted by atomic mass is 16.6. The zero-order chi connectivity index (χ0) is 19.3. The van der Waals surface area contributed by atoms with Gasteiger partial charge in [-0.25, -0.2) is 0 Å². The normalized spacial score (nSPS) is 21.0. The number of fused-ring (bicyclic) bond motifs is 2. The van der Waals surface area contributed by atoms with E-state index in [0.717, 1.165) is 17.7 Å². The van der Waals surface area contributed by atoms with Crippen LogP contribution >= 0.6 is 0 Å². The predicted octanol–water partition coefficient (Wildman–Crippen LogP) is 3.15. The smallest absolute Gasteiger partial charge is 0.242 e. The highest BCUT2D eigenvalue weighted by Gasteiger charge is 2.59. The van der Waals surface area contributed by atoms with Crippen molar-refractivity contribution in [3.05, 3.63) is 48.0 Å². The largest absolute Gasteiger partial charge is 0.486 e. The van der Waals surface area contributed by atoms with E-state index < -0.39 is 5.41 Å². The maximum Gasteiger partial charge on any atom is 0.242 e. The summed E-state index contributed by atoms with van der Waals surface area (Å²) in [6, 6.07) is 13.3. The lowest BCUT2D eigenvalue weighted by Gasteiger charge is -2.27. The Kier molecular flexibility index (Phi) is 3.82. The molecular formula is C22H22N2O4. The summed E-state index contributed by atoms with van der Waals surface area (Å²) in [5, 5.41) is 2.92. The van der Waals surface area contributed by atoms with Gasteiger partial charge in [0.05, 0.1) is 0 Å². The van der Waals surface area contributed by atoms with Gasteiger partial charge in [0.2, 0.25) is 11.8 Å². The van der Waals surface area contributed by atoms with Crippen LogP contribution in [0.4, 0.5) is 11.4 Å². The van der Waals surface area contributed by atoms with Gasteiger partial charge < -0.3 is 19.7 Å². The Labute approximate surface area is 163 Å². The molecule has 2 heterocycles. The van der Waals surface area contributed by atoms with Crippen LogP contribution in [0, 0.1) is 5.41 Å². The van der Waals surface area contributed by atoms with Crippen LogP contribution in [0.3, 0.4) is 0 Å². The first-order chi connectivity index (χ1) is 13.6. The zero-order valence-electron chi connectivity index (χ0n) is 15.7. The first-order valence-electron chi connectivity index (χ1n) is 9.71. The number of carbonyl (C=O) groups excluding carboxylic acids is 2. The van der Waals surface area contributed by atoms with Gasteiger partial charge in [-0.15, -0.1) is 0 Å². The molecule has 1 atom stereocenters. The second-order valence-corrected chi connectivity index (χ2v) is 7.75. The third-order valence-corrected chi connectivity index (χ3v) is 5.82. The van der Waals surface area contributed by atoms with Crippen LogP contribution in [0.5, 0.6) is 11.5 Å². The molecule has 0 spiro atoms. The fourth-order valence-corrected chi connectivity index (χ4v) is 4.14. The first-order valence-corrected chi connectivity index (χ1v) is 9.71. The van der Waals surface area contributed by atoms with Gasteiger partial charge in [-0.2, -0.15) is 0 Å². The highest BCUT2D eigenvalue weighted by molar-refractivity contribution is 6.18. The Hall–Kier alpha value is -3.02. The summed E-state index contributed by atoms with van der Waals surface area (Å²) in [7, 11) is 0. The number of nitrogens with one attached hydrogen (secondary N) is 1. The molecule has 2 aromatic rings. The lowest BCUT2D eigenvalue weighted by Crippen LogP contribution is -2.45. The van der Waals surface area contributed by atoms with Gasteiger partial charge in [-0.05, 0) is 49.9 Å². The second kappa shape index (κ2) is 6.26. The summed E-state index contributed by atoms with van der Waals surface area (Å²) in [6.07, 6.45) is 1.98. The third-order valence-electron chi connectivity index (χ3n) is 5.82. The number of ether oxygens (including phenoxy) is 2. The molecule has 1 aliphatic carbocycles. The summed E-state index contributed by atoms with van der Waals surface area (Å²) in [6.45, 7) is 3.04. The van der Waals surface area contributed by atoms with Crippen molar-refractivity contribution in [1.29, 1.82) is 0 Å². The lowest BCUT2D eigenvalue weighted by atomic mass is 10.0. The van der Waals surface area contributed by atoms with Crippen LogP contribution in [0.15, 0.2) is 42.5 Å². The fourth-order valence-electron chi connectivity index (χ4n) is 4.14. The van der Waals surface area contributed by atoms with E-state index in [9.17, 15) is 9.59 Å². The standard InChI is InChI=1S/C22H22N2O4/c1-14-12-15-4-2-3-5-17(15)24(14)21(26)22(8-9-22)20(25)23-16-6-7-18-19(13-16)28-11-10-27-18/h2-7,13-14H,8-12H2,1H3,(H,23,25). The average Bonchev–Trinajstić information content (AvgIpc) is 3.45. The summed E-state index contributed by atoms with van der Waals surface area (Å²) in [4.78, 5) is 28.2. The van der Waals surface area contributed by atoms with Gasteiger partial charge >= 0.3 is 0 Å². The molecule has 2 aromatic carbocycles. The number of para-hydroxylation sites is 1. The number of amides is 2. The molecule has 0 bridgehead atoms. The van der Waals surface area contributed by atoms with E-state index in [4.69, 9.17) is 9.47 Å². The molecule has 1 saturated carbocycles. The number of rotatable bonds is 3. The number of nitrogens with zero attached hydrogens (tertiary/aromatic N) is 1. The zero-order valence-corrected chi connectivity index (χ0v) is 15.7. The van der Waals surface area contributed by atoms with E-state index in [1.165, 1.54) is 0 Å². The van der Waals surface area contributed by atoms with Gasteiger partial charge in [0.25, 0.3) is 0 Å². The van der Waals surface area contributed by atoms with Crippen LogP contribution < -0.4 is 19.7 Å². The molecule has 3 aliphatic rings. The summed E-state index contributed by atoms with van der Waals surface area (Å²) < 4.78 is 11.1. The number of carbonyl (C=O) groups is 2. The van der Waals surface area contributed by atoms with Crippen molar-refractivity contribution in [2.75, 3.05) is 23.4 Å². The maximum atomic E-state index is 13.4. The number of benzene rings is 2. The molecule has 2 aliphatic heterocycles. The maximum absolute atomic E-state index is 13.4. The number of anilines is 2. The molecule has 144 valence electrons. The molecule has 28 heavy (non-hydrogen) atoms. The van der Waals surface area contributed by atoms with Crippen molar-refractivity contribution in [2.45, 2.75) is 32.2 Å². The van der Waals surface area contributed by atoms with Gasteiger partial charge in [-0.1, -0.05) is 18.2 Å². The molecule has 5 rings (SSSR count). The van der Waals surface area contributed by atoms with Gasteiger partial charge in [0.1, 0.15) is 18.6 Å².